The van der Waals surface area contributed by atoms with Crippen LogP contribution in [0.3, 0.4) is 0 Å². The summed E-state index contributed by atoms with van der Waals surface area (Å²) in [6.45, 7) is 20.4. The molecule has 126 valence electrons. The Morgan fingerprint density at radius 1 is 0.476 bits per heavy atom. The van der Waals surface area contributed by atoms with Crippen molar-refractivity contribution in [2.75, 3.05) is 0 Å². The molecule has 0 bridgehead atoms. The van der Waals surface area contributed by atoms with E-state index >= 15 is 0 Å². The lowest BCUT2D eigenvalue weighted by atomic mass is 9.93. The fourth-order valence-electron chi connectivity index (χ4n) is 2.96. The van der Waals surface area contributed by atoms with Gasteiger partial charge in [0.2, 0.25) is 0 Å². The van der Waals surface area contributed by atoms with Crippen LogP contribution in [0.4, 0.5) is 0 Å². The predicted octanol–water partition coefficient (Wildman–Crippen LogP) is 4.83. The summed E-state index contributed by atoms with van der Waals surface area (Å²) in [6, 6.07) is 0. The van der Waals surface area contributed by atoms with Crippen molar-refractivity contribution in [2.24, 2.45) is 0 Å². The van der Waals surface area contributed by atoms with Gasteiger partial charge in [-0.05, 0) is 78.2 Å². The van der Waals surface area contributed by atoms with E-state index < -0.39 is 25.0 Å². The molecule has 1 saturated carbocycles. The van der Waals surface area contributed by atoms with Crippen LogP contribution >= 0.6 is 0 Å². The average Bonchev–Trinajstić information content (AvgIpc) is 2.06. The first-order chi connectivity index (χ1) is 9.23. The van der Waals surface area contributed by atoms with Crippen LogP contribution in [0.15, 0.2) is 0 Å². The molecule has 0 atom stereocenters. The zero-order chi connectivity index (χ0) is 16.5. The van der Waals surface area contributed by atoms with Gasteiger partial charge in [0.15, 0.2) is 25.0 Å². The van der Waals surface area contributed by atoms with E-state index in [1.165, 1.54) is 0 Å². The van der Waals surface area contributed by atoms with Crippen LogP contribution in [-0.4, -0.2) is 43.3 Å². The molecule has 0 heterocycles. The summed E-state index contributed by atoms with van der Waals surface area (Å²) in [6.07, 6.45) is 4.06. The molecule has 0 amide bonds. The predicted molar refractivity (Wildman–Crippen MR) is 98.5 cm³/mol. The third-order valence-corrected chi connectivity index (χ3v) is 6.26. The maximum Gasteiger partial charge on any atom is 0.184 e. The van der Waals surface area contributed by atoms with E-state index in [1.807, 2.05) is 0 Å². The molecule has 0 unspecified atom stereocenters. The van der Waals surface area contributed by atoms with Gasteiger partial charge in [-0.2, -0.15) is 0 Å². The number of rotatable bonds is 6. The fraction of sp³-hybridized carbons (Fsp3) is 1.00. The molecule has 0 saturated heterocycles. The molecule has 1 rings (SSSR count). The van der Waals surface area contributed by atoms with Crippen molar-refractivity contribution >= 4 is 25.0 Å². The van der Waals surface area contributed by atoms with E-state index in [0.29, 0.717) is 18.3 Å². The van der Waals surface area contributed by atoms with Crippen molar-refractivity contribution in [2.45, 2.75) is 96.5 Å². The van der Waals surface area contributed by atoms with Gasteiger partial charge in [-0.15, -0.1) is 0 Å². The van der Waals surface area contributed by atoms with Crippen LogP contribution in [-0.2, 0) is 13.3 Å². The highest BCUT2D eigenvalue weighted by Crippen LogP contribution is 2.31. The molecule has 1 aliphatic rings. The summed E-state index contributed by atoms with van der Waals surface area (Å²) in [7, 11) is -4.53. The van der Waals surface area contributed by atoms with Crippen molar-refractivity contribution in [1.82, 2.24) is 0 Å². The molecule has 1 aliphatic carbocycles. The molecule has 21 heavy (non-hydrogen) atoms. The molecular formula is C15H36O3Si3. The van der Waals surface area contributed by atoms with Crippen molar-refractivity contribution in [3.8, 4) is 0 Å². The molecule has 0 aromatic rings. The molecule has 0 aromatic carbocycles. The van der Waals surface area contributed by atoms with E-state index in [2.05, 4.69) is 58.9 Å². The normalized spacial score (nSPS) is 28.7. The lowest BCUT2D eigenvalue weighted by molar-refractivity contribution is -0.00370. The molecule has 0 N–H and O–H groups in total. The summed E-state index contributed by atoms with van der Waals surface area (Å²) in [5, 5.41) is 0. The maximum atomic E-state index is 6.38. The molecule has 0 aromatic heterocycles. The Kier molecular flexibility index (Phi) is 6.49. The van der Waals surface area contributed by atoms with Gasteiger partial charge in [0.25, 0.3) is 0 Å². The van der Waals surface area contributed by atoms with Crippen molar-refractivity contribution in [1.29, 1.82) is 0 Å². The van der Waals surface area contributed by atoms with Gasteiger partial charge in [0.05, 0.1) is 0 Å². The summed E-state index contributed by atoms with van der Waals surface area (Å²) >= 11 is 0. The summed E-state index contributed by atoms with van der Waals surface area (Å²) < 4.78 is 19.1. The average molecular weight is 349 g/mol. The van der Waals surface area contributed by atoms with Gasteiger partial charge in [0, 0.05) is 18.3 Å². The monoisotopic (exact) mass is 348 g/mol. The van der Waals surface area contributed by atoms with Crippen molar-refractivity contribution in [3.63, 3.8) is 0 Å². The van der Waals surface area contributed by atoms with Gasteiger partial charge in [0.1, 0.15) is 0 Å². The van der Waals surface area contributed by atoms with E-state index in [0.717, 1.165) is 19.3 Å². The van der Waals surface area contributed by atoms with Gasteiger partial charge < -0.3 is 13.3 Å². The Morgan fingerprint density at radius 3 is 0.810 bits per heavy atom. The first-order valence-electron chi connectivity index (χ1n) is 8.27. The third kappa shape index (κ3) is 9.30. The van der Waals surface area contributed by atoms with E-state index in [1.54, 1.807) is 0 Å². The van der Waals surface area contributed by atoms with Crippen LogP contribution in [0.5, 0.6) is 0 Å². The Balaban J connectivity index is 2.73. The maximum absolute atomic E-state index is 6.38. The topological polar surface area (TPSA) is 27.7 Å². The molecule has 0 aliphatic heterocycles. The second-order valence-electron chi connectivity index (χ2n) is 9.26. The third-order valence-electron chi connectivity index (χ3n) is 3.14. The minimum Gasteiger partial charge on any atom is -0.415 e. The molecule has 0 radical (unpaired) electrons. The molecule has 6 heteroatoms. The zero-order valence-corrected chi connectivity index (χ0v) is 18.6. The second-order valence-corrected chi connectivity index (χ2v) is 22.6. The van der Waals surface area contributed by atoms with E-state index in [4.69, 9.17) is 13.3 Å². The lowest BCUT2D eigenvalue weighted by Crippen LogP contribution is -2.47. The van der Waals surface area contributed by atoms with Gasteiger partial charge in [-0.25, -0.2) is 0 Å². The standard InChI is InChI=1S/C15H36O3Si3/c1-19(2,3)16-13-10-14(17-20(4,5)6)12-15(11-13)18-21(7,8)9/h13-15H,10-12H2,1-9H3. The van der Waals surface area contributed by atoms with Gasteiger partial charge in [-0.3, -0.25) is 0 Å². The summed E-state index contributed by atoms with van der Waals surface area (Å²) in [5.74, 6) is 0. The summed E-state index contributed by atoms with van der Waals surface area (Å²) in [4.78, 5) is 0. The fourth-order valence-corrected chi connectivity index (χ4v) is 6.53. The van der Waals surface area contributed by atoms with Crippen LogP contribution in [0.25, 0.3) is 0 Å². The Labute approximate surface area is 135 Å². The quantitative estimate of drug-likeness (QED) is 0.643. The Hall–Kier alpha value is 0.531. The number of hydrogen-bond acceptors (Lipinski definition) is 3. The smallest absolute Gasteiger partial charge is 0.184 e. The van der Waals surface area contributed by atoms with Gasteiger partial charge >= 0.3 is 0 Å². The van der Waals surface area contributed by atoms with Crippen LogP contribution < -0.4 is 0 Å². The Morgan fingerprint density at radius 2 is 0.667 bits per heavy atom. The highest BCUT2D eigenvalue weighted by molar-refractivity contribution is 6.70. The van der Waals surface area contributed by atoms with Crippen LogP contribution in [0.1, 0.15) is 19.3 Å². The highest BCUT2D eigenvalue weighted by Gasteiger charge is 2.36. The van der Waals surface area contributed by atoms with E-state index in [-0.39, 0.29) is 0 Å². The molecular weight excluding hydrogens is 312 g/mol. The first kappa shape index (κ1) is 19.6. The zero-order valence-electron chi connectivity index (χ0n) is 15.6. The Bertz CT molecular complexity index is 270. The molecule has 0 spiro atoms. The van der Waals surface area contributed by atoms with Crippen molar-refractivity contribution < 1.29 is 13.3 Å². The number of hydrogen-bond donors (Lipinski definition) is 0. The van der Waals surface area contributed by atoms with E-state index in [9.17, 15) is 0 Å². The minimum atomic E-state index is -1.51. The van der Waals surface area contributed by atoms with Crippen LogP contribution in [0.2, 0.25) is 58.9 Å². The first-order valence-corrected chi connectivity index (χ1v) is 18.5. The molecule has 1 fully saturated rings. The highest BCUT2D eigenvalue weighted by atomic mass is 28.4. The van der Waals surface area contributed by atoms with Crippen LogP contribution in [0, 0.1) is 0 Å². The minimum absolute atomic E-state index is 0.313. The van der Waals surface area contributed by atoms with Gasteiger partial charge in [-0.1, -0.05) is 0 Å². The second kappa shape index (κ2) is 6.97. The molecule has 3 nitrogen and oxygen atoms in total. The SMILES string of the molecule is C[Si](C)(C)OC1CC(O[Si](C)(C)C)CC(O[Si](C)(C)C)C1. The van der Waals surface area contributed by atoms with Crippen molar-refractivity contribution in [3.05, 3.63) is 0 Å². The largest absolute Gasteiger partial charge is 0.415 e. The lowest BCUT2D eigenvalue weighted by Gasteiger charge is -2.41. The summed E-state index contributed by atoms with van der Waals surface area (Å²) in [5.41, 5.74) is 0.